The number of fused-ring (bicyclic) bond motifs is 2. The van der Waals surface area contributed by atoms with Crippen molar-refractivity contribution in [1.29, 1.82) is 0 Å². The Morgan fingerprint density at radius 3 is 2.63 bits per heavy atom. The molecule has 2 aliphatic heterocycles. The van der Waals surface area contributed by atoms with Gasteiger partial charge in [0.15, 0.2) is 11.7 Å². The number of nitrogens with one attached hydrogen (secondary N) is 1. The zero-order chi connectivity index (χ0) is 18.8. The predicted molar refractivity (Wildman–Crippen MR) is 103 cm³/mol. The van der Waals surface area contributed by atoms with E-state index < -0.39 is 0 Å². The molecule has 6 nitrogen and oxygen atoms in total. The van der Waals surface area contributed by atoms with E-state index in [9.17, 15) is 4.79 Å². The predicted octanol–water partition coefficient (Wildman–Crippen LogP) is 3.02. The SMILES string of the molecule is COc1ccc(-c2cnc(CCC(=O)N(C)C3CC4CCC(C3)N4)o2)cc1. The molecule has 2 aromatic rings. The van der Waals surface area contributed by atoms with E-state index in [1.54, 1.807) is 13.3 Å². The minimum atomic E-state index is 0.172. The van der Waals surface area contributed by atoms with Gasteiger partial charge in [-0.15, -0.1) is 0 Å². The molecular weight excluding hydrogens is 342 g/mol. The molecule has 144 valence electrons. The molecule has 0 spiro atoms. The van der Waals surface area contributed by atoms with Gasteiger partial charge in [-0.1, -0.05) is 0 Å². The Hall–Kier alpha value is -2.34. The van der Waals surface area contributed by atoms with Crippen LogP contribution in [0.25, 0.3) is 11.3 Å². The second-order valence-corrected chi connectivity index (χ2v) is 7.61. The summed E-state index contributed by atoms with van der Waals surface area (Å²) in [6.45, 7) is 0. The summed E-state index contributed by atoms with van der Waals surface area (Å²) in [6.07, 6.45) is 7.30. The Morgan fingerprint density at radius 2 is 1.96 bits per heavy atom. The zero-order valence-electron chi connectivity index (χ0n) is 16.0. The van der Waals surface area contributed by atoms with E-state index in [-0.39, 0.29) is 5.91 Å². The number of aryl methyl sites for hydroxylation is 1. The second kappa shape index (κ2) is 7.72. The van der Waals surface area contributed by atoms with Crippen LogP contribution in [0.3, 0.4) is 0 Å². The van der Waals surface area contributed by atoms with Crippen LogP contribution in [-0.2, 0) is 11.2 Å². The summed E-state index contributed by atoms with van der Waals surface area (Å²) in [4.78, 5) is 18.9. The van der Waals surface area contributed by atoms with Crippen molar-refractivity contribution >= 4 is 5.91 Å². The number of benzene rings is 1. The van der Waals surface area contributed by atoms with Gasteiger partial charge in [0, 0.05) is 43.6 Å². The number of amides is 1. The van der Waals surface area contributed by atoms with Gasteiger partial charge < -0.3 is 19.4 Å². The fourth-order valence-corrected chi connectivity index (χ4v) is 4.25. The molecule has 4 rings (SSSR count). The van der Waals surface area contributed by atoms with Gasteiger partial charge in [-0.3, -0.25) is 4.79 Å². The smallest absolute Gasteiger partial charge is 0.223 e. The maximum absolute atomic E-state index is 12.6. The van der Waals surface area contributed by atoms with Crippen LogP contribution >= 0.6 is 0 Å². The number of rotatable bonds is 6. The summed E-state index contributed by atoms with van der Waals surface area (Å²) in [5.41, 5.74) is 0.947. The quantitative estimate of drug-likeness (QED) is 0.848. The average Bonchev–Trinajstić information content (AvgIpc) is 3.31. The van der Waals surface area contributed by atoms with Crippen LogP contribution in [0.5, 0.6) is 5.75 Å². The Morgan fingerprint density at radius 1 is 1.26 bits per heavy atom. The van der Waals surface area contributed by atoms with E-state index in [1.165, 1.54) is 12.8 Å². The molecule has 2 atom stereocenters. The summed E-state index contributed by atoms with van der Waals surface area (Å²) >= 11 is 0. The lowest BCUT2D eigenvalue weighted by Crippen LogP contribution is -2.48. The van der Waals surface area contributed by atoms with Gasteiger partial charge in [0.1, 0.15) is 5.75 Å². The van der Waals surface area contributed by atoms with E-state index in [2.05, 4.69) is 10.3 Å². The number of methoxy groups -OCH3 is 1. The van der Waals surface area contributed by atoms with Crippen molar-refractivity contribution < 1.29 is 13.9 Å². The van der Waals surface area contributed by atoms with Crippen LogP contribution in [0, 0.1) is 0 Å². The van der Waals surface area contributed by atoms with E-state index in [1.807, 2.05) is 36.2 Å². The van der Waals surface area contributed by atoms with Gasteiger partial charge in [0.05, 0.1) is 13.3 Å². The Balaban J connectivity index is 1.32. The third-order valence-electron chi connectivity index (χ3n) is 5.87. The molecular formula is C21H27N3O3. The van der Waals surface area contributed by atoms with Gasteiger partial charge in [-0.2, -0.15) is 0 Å². The van der Waals surface area contributed by atoms with E-state index in [4.69, 9.17) is 9.15 Å². The first-order valence-corrected chi connectivity index (χ1v) is 9.73. The van der Waals surface area contributed by atoms with E-state index >= 15 is 0 Å². The van der Waals surface area contributed by atoms with Crippen molar-refractivity contribution in [2.24, 2.45) is 0 Å². The average molecular weight is 369 g/mol. The zero-order valence-corrected chi connectivity index (χ0v) is 16.0. The highest BCUT2D eigenvalue weighted by Crippen LogP contribution is 2.29. The number of carbonyl (C=O) groups is 1. The van der Waals surface area contributed by atoms with Crippen molar-refractivity contribution in [3.05, 3.63) is 36.4 Å². The maximum atomic E-state index is 12.6. The molecule has 1 N–H and O–H groups in total. The third kappa shape index (κ3) is 4.00. The number of nitrogens with zero attached hydrogens (tertiary/aromatic N) is 2. The normalized spacial score (nSPS) is 24.0. The molecule has 2 fully saturated rings. The number of hydrogen-bond donors (Lipinski definition) is 1. The molecule has 1 amide bonds. The molecule has 2 unspecified atom stereocenters. The molecule has 1 aromatic heterocycles. The lowest BCUT2D eigenvalue weighted by atomic mass is 9.98. The van der Waals surface area contributed by atoms with Crippen LogP contribution in [0.15, 0.2) is 34.9 Å². The molecule has 6 heteroatoms. The fraction of sp³-hybridized carbons (Fsp3) is 0.524. The first-order valence-electron chi connectivity index (χ1n) is 9.73. The molecule has 1 aromatic carbocycles. The summed E-state index contributed by atoms with van der Waals surface area (Å²) in [5, 5.41) is 3.63. The minimum Gasteiger partial charge on any atom is -0.497 e. The van der Waals surface area contributed by atoms with Crippen molar-refractivity contribution in [2.75, 3.05) is 14.2 Å². The highest BCUT2D eigenvalue weighted by molar-refractivity contribution is 5.76. The van der Waals surface area contributed by atoms with Crippen molar-refractivity contribution in [3.63, 3.8) is 0 Å². The van der Waals surface area contributed by atoms with Crippen LogP contribution in [0.2, 0.25) is 0 Å². The number of ether oxygens (including phenoxy) is 1. The maximum Gasteiger partial charge on any atom is 0.223 e. The van der Waals surface area contributed by atoms with Crippen molar-refractivity contribution in [3.8, 4) is 17.1 Å². The molecule has 0 saturated carbocycles. The molecule has 27 heavy (non-hydrogen) atoms. The molecule has 2 saturated heterocycles. The lowest BCUT2D eigenvalue weighted by Gasteiger charge is -2.35. The number of aromatic nitrogens is 1. The molecule has 3 heterocycles. The summed E-state index contributed by atoms with van der Waals surface area (Å²) in [5.74, 6) is 2.29. The van der Waals surface area contributed by atoms with E-state index in [0.29, 0.717) is 42.6 Å². The van der Waals surface area contributed by atoms with Gasteiger partial charge in [-0.05, 0) is 49.9 Å². The standard InChI is InChI=1S/C21H27N3O3/c1-24(17-11-15-5-6-16(12-17)23-15)21(25)10-9-20-22-13-19(27-20)14-3-7-18(26-2)8-4-14/h3-4,7-8,13,15-17,23H,5-6,9-12H2,1-2H3. The van der Waals surface area contributed by atoms with Gasteiger partial charge in [0.25, 0.3) is 0 Å². The Labute approximate surface area is 159 Å². The van der Waals surface area contributed by atoms with Crippen LogP contribution in [0.1, 0.15) is 38.0 Å². The van der Waals surface area contributed by atoms with Crippen LogP contribution < -0.4 is 10.1 Å². The Bertz CT molecular complexity index is 774. The number of piperidine rings is 1. The second-order valence-electron chi connectivity index (χ2n) is 7.61. The monoisotopic (exact) mass is 369 g/mol. The van der Waals surface area contributed by atoms with Crippen molar-refractivity contribution in [2.45, 2.75) is 56.7 Å². The minimum absolute atomic E-state index is 0.172. The topological polar surface area (TPSA) is 67.6 Å². The summed E-state index contributed by atoms with van der Waals surface area (Å²) in [7, 11) is 3.58. The fourth-order valence-electron chi connectivity index (χ4n) is 4.25. The number of oxazole rings is 1. The van der Waals surface area contributed by atoms with Crippen LogP contribution in [-0.4, -0.2) is 48.1 Å². The summed E-state index contributed by atoms with van der Waals surface area (Å²) < 4.78 is 11.0. The molecule has 0 radical (unpaired) electrons. The van der Waals surface area contributed by atoms with Gasteiger partial charge in [-0.25, -0.2) is 4.98 Å². The van der Waals surface area contributed by atoms with Gasteiger partial charge >= 0.3 is 0 Å². The molecule has 2 aliphatic rings. The third-order valence-corrected chi connectivity index (χ3v) is 5.87. The largest absolute Gasteiger partial charge is 0.497 e. The number of hydrogen-bond acceptors (Lipinski definition) is 5. The highest BCUT2D eigenvalue weighted by Gasteiger charge is 2.36. The molecule has 0 aliphatic carbocycles. The van der Waals surface area contributed by atoms with Crippen molar-refractivity contribution in [1.82, 2.24) is 15.2 Å². The van der Waals surface area contributed by atoms with E-state index in [0.717, 1.165) is 24.2 Å². The lowest BCUT2D eigenvalue weighted by molar-refractivity contribution is -0.132. The van der Waals surface area contributed by atoms with Gasteiger partial charge in [0.2, 0.25) is 5.91 Å². The Kier molecular flexibility index (Phi) is 5.16. The number of carbonyl (C=O) groups excluding carboxylic acids is 1. The van der Waals surface area contributed by atoms with Crippen LogP contribution in [0.4, 0.5) is 0 Å². The summed E-state index contributed by atoms with van der Waals surface area (Å²) in [6, 6.07) is 9.19. The first kappa shape index (κ1) is 18.0. The highest BCUT2D eigenvalue weighted by atomic mass is 16.5. The molecule has 2 bridgehead atoms. The first-order chi connectivity index (χ1) is 13.1.